The van der Waals surface area contributed by atoms with E-state index >= 15 is 0 Å². The molecule has 0 bridgehead atoms. The van der Waals surface area contributed by atoms with Crippen LogP contribution in [-0.4, -0.2) is 32.0 Å². The summed E-state index contributed by atoms with van der Waals surface area (Å²) in [5.74, 6) is -0.00585. The van der Waals surface area contributed by atoms with E-state index < -0.39 is 9.84 Å². The number of rotatable bonds is 4. The summed E-state index contributed by atoms with van der Waals surface area (Å²) in [5, 5.41) is 0. The van der Waals surface area contributed by atoms with Crippen molar-refractivity contribution >= 4 is 15.7 Å². The molecule has 2 aromatic rings. The lowest BCUT2D eigenvalue weighted by Gasteiger charge is -2.41. The smallest absolute Gasteiger partial charge is 0.254 e. The highest BCUT2D eigenvalue weighted by atomic mass is 32.2. The van der Waals surface area contributed by atoms with Crippen molar-refractivity contribution in [2.24, 2.45) is 0 Å². The van der Waals surface area contributed by atoms with Crippen molar-refractivity contribution in [2.75, 3.05) is 12.8 Å². The van der Waals surface area contributed by atoms with E-state index in [1.807, 2.05) is 35.2 Å². The Kier molecular flexibility index (Phi) is 4.22. The second-order valence-corrected chi connectivity index (χ2v) is 8.12. The molecule has 5 heteroatoms. The van der Waals surface area contributed by atoms with Crippen molar-refractivity contribution < 1.29 is 13.2 Å². The van der Waals surface area contributed by atoms with Crippen LogP contribution >= 0.6 is 0 Å². The van der Waals surface area contributed by atoms with E-state index in [0.29, 0.717) is 11.1 Å². The summed E-state index contributed by atoms with van der Waals surface area (Å²) in [6.07, 6.45) is 2.18. The van der Waals surface area contributed by atoms with E-state index in [4.69, 9.17) is 0 Å². The quantitative estimate of drug-likeness (QED) is 0.867. The molecule has 4 nitrogen and oxygen atoms in total. The first-order valence-corrected chi connectivity index (χ1v) is 9.63. The highest BCUT2D eigenvalue weighted by Crippen LogP contribution is 2.34. The number of sulfone groups is 1. The Morgan fingerprint density at radius 1 is 1.09 bits per heavy atom. The van der Waals surface area contributed by atoms with Gasteiger partial charge in [0, 0.05) is 18.4 Å². The van der Waals surface area contributed by atoms with Gasteiger partial charge in [-0.3, -0.25) is 4.79 Å². The van der Waals surface area contributed by atoms with E-state index in [9.17, 15) is 13.2 Å². The third-order valence-corrected chi connectivity index (χ3v) is 4.95. The summed E-state index contributed by atoms with van der Waals surface area (Å²) >= 11 is 0. The minimum atomic E-state index is -3.06. The first-order valence-electron chi connectivity index (χ1n) is 7.56. The number of carbonyl (C=O) groups is 1. The topological polar surface area (TPSA) is 54.5 Å². The predicted molar refractivity (Wildman–Crippen MR) is 89.8 cm³/mol. The Balaban J connectivity index is 1.73. The maximum Gasteiger partial charge on any atom is 0.254 e. The van der Waals surface area contributed by atoms with Crippen LogP contribution in [-0.2, 0) is 15.6 Å². The zero-order chi connectivity index (χ0) is 16.4. The molecule has 3 rings (SSSR count). The van der Waals surface area contributed by atoms with Gasteiger partial charge in [-0.05, 0) is 29.7 Å². The van der Waals surface area contributed by atoms with Gasteiger partial charge in [-0.25, -0.2) is 8.42 Å². The van der Waals surface area contributed by atoms with Crippen molar-refractivity contribution in [3.05, 3.63) is 71.3 Å². The first-order chi connectivity index (χ1) is 10.9. The van der Waals surface area contributed by atoms with Gasteiger partial charge < -0.3 is 4.90 Å². The number of nitrogens with zero attached hydrogens (tertiary/aromatic N) is 1. The predicted octanol–water partition coefficient (Wildman–Crippen LogP) is 2.82. The van der Waals surface area contributed by atoms with E-state index in [2.05, 4.69) is 0 Å². The molecular formula is C18H19NO3S. The summed E-state index contributed by atoms with van der Waals surface area (Å²) in [4.78, 5) is 14.5. The molecule has 0 N–H and O–H groups in total. The third kappa shape index (κ3) is 3.62. The Hall–Kier alpha value is -2.14. The van der Waals surface area contributed by atoms with E-state index in [1.165, 1.54) is 6.26 Å². The Labute approximate surface area is 136 Å². The molecule has 1 saturated heterocycles. The fourth-order valence-corrected chi connectivity index (χ4v) is 3.66. The number of hydrogen-bond acceptors (Lipinski definition) is 3. The maximum absolute atomic E-state index is 12.6. The molecule has 1 atom stereocenters. The van der Waals surface area contributed by atoms with Crippen LogP contribution in [0.15, 0.2) is 54.6 Å². The Morgan fingerprint density at radius 2 is 1.74 bits per heavy atom. The lowest BCUT2D eigenvalue weighted by atomic mass is 9.93. The minimum Gasteiger partial charge on any atom is -0.331 e. The average Bonchev–Trinajstić information content (AvgIpc) is 2.46. The van der Waals surface area contributed by atoms with Crippen molar-refractivity contribution in [3.8, 4) is 0 Å². The summed E-state index contributed by atoms with van der Waals surface area (Å²) in [6.45, 7) is 0.753. The van der Waals surface area contributed by atoms with Crippen LogP contribution in [0.2, 0.25) is 0 Å². The van der Waals surface area contributed by atoms with Crippen molar-refractivity contribution in [2.45, 2.75) is 18.2 Å². The van der Waals surface area contributed by atoms with E-state index in [0.717, 1.165) is 18.5 Å². The zero-order valence-corrected chi connectivity index (χ0v) is 13.8. The van der Waals surface area contributed by atoms with Crippen LogP contribution < -0.4 is 0 Å². The number of likely N-dealkylation sites (tertiary alicyclic amines) is 1. The average molecular weight is 329 g/mol. The summed E-state index contributed by atoms with van der Waals surface area (Å²) in [7, 11) is -3.06. The van der Waals surface area contributed by atoms with Crippen LogP contribution in [0.4, 0.5) is 0 Å². The fraction of sp³-hybridized carbons (Fsp3) is 0.278. The second kappa shape index (κ2) is 6.16. The molecule has 0 spiro atoms. The van der Waals surface area contributed by atoms with Crippen molar-refractivity contribution in [1.29, 1.82) is 0 Å². The number of amides is 1. The van der Waals surface area contributed by atoms with Gasteiger partial charge in [0.1, 0.15) is 0 Å². The van der Waals surface area contributed by atoms with Crippen molar-refractivity contribution in [3.63, 3.8) is 0 Å². The molecular weight excluding hydrogens is 310 g/mol. The normalized spacial score (nSPS) is 17.6. The van der Waals surface area contributed by atoms with Gasteiger partial charge in [0.25, 0.3) is 5.91 Å². The van der Waals surface area contributed by atoms with Gasteiger partial charge in [0.15, 0.2) is 9.84 Å². The summed E-state index contributed by atoms with van der Waals surface area (Å²) in [6, 6.07) is 17.0. The van der Waals surface area contributed by atoms with Gasteiger partial charge >= 0.3 is 0 Å². The van der Waals surface area contributed by atoms with Crippen LogP contribution in [0.3, 0.4) is 0 Å². The van der Waals surface area contributed by atoms with Crippen molar-refractivity contribution in [1.82, 2.24) is 4.90 Å². The van der Waals surface area contributed by atoms with Gasteiger partial charge in [-0.1, -0.05) is 42.5 Å². The number of hydrogen-bond donors (Lipinski definition) is 0. The molecule has 0 unspecified atom stereocenters. The summed E-state index contributed by atoms with van der Waals surface area (Å²) < 4.78 is 22.6. The molecule has 1 heterocycles. The minimum absolute atomic E-state index is 0.00216. The van der Waals surface area contributed by atoms with Gasteiger partial charge in [-0.15, -0.1) is 0 Å². The lowest BCUT2D eigenvalue weighted by molar-refractivity contribution is 0.0460. The Morgan fingerprint density at radius 3 is 2.26 bits per heavy atom. The molecule has 0 radical (unpaired) electrons. The van der Waals surface area contributed by atoms with Crippen LogP contribution in [0.1, 0.15) is 33.9 Å². The standard InChI is InChI=1S/C18H19NO3S/c1-23(21,22)13-14-7-9-16(10-8-14)18(20)19-12-11-17(19)15-5-3-2-4-6-15/h2-10,17H,11-13H2,1H3/t17-/m1/s1. The lowest BCUT2D eigenvalue weighted by Crippen LogP contribution is -2.45. The first kappa shape index (κ1) is 15.7. The summed E-state index contributed by atoms with van der Waals surface area (Å²) in [5.41, 5.74) is 2.45. The third-order valence-electron chi connectivity index (χ3n) is 4.09. The Bertz CT molecular complexity index is 798. The number of carbonyl (C=O) groups excluding carboxylic acids is 1. The fourth-order valence-electron chi connectivity index (χ4n) is 2.86. The van der Waals surface area contributed by atoms with Crippen LogP contribution in [0.25, 0.3) is 0 Å². The molecule has 1 fully saturated rings. The molecule has 0 aromatic heterocycles. The highest BCUT2D eigenvalue weighted by Gasteiger charge is 2.33. The maximum atomic E-state index is 12.6. The second-order valence-electron chi connectivity index (χ2n) is 5.98. The molecule has 23 heavy (non-hydrogen) atoms. The number of benzene rings is 2. The highest BCUT2D eigenvalue weighted by molar-refractivity contribution is 7.89. The largest absolute Gasteiger partial charge is 0.331 e. The molecule has 0 saturated carbocycles. The monoisotopic (exact) mass is 329 g/mol. The van der Waals surface area contributed by atoms with Crippen LogP contribution in [0, 0.1) is 0 Å². The van der Waals surface area contributed by atoms with E-state index in [1.54, 1.807) is 24.3 Å². The zero-order valence-electron chi connectivity index (χ0n) is 13.0. The molecule has 120 valence electrons. The molecule has 0 aliphatic carbocycles. The molecule has 1 amide bonds. The van der Waals surface area contributed by atoms with E-state index in [-0.39, 0.29) is 17.7 Å². The SMILES string of the molecule is CS(=O)(=O)Cc1ccc(C(=O)N2CC[C@@H]2c2ccccc2)cc1. The van der Waals surface area contributed by atoms with Crippen LogP contribution in [0.5, 0.6) is 0 Å². The molecule has 2 aromatic carbocycles. The molecule has 1 aliphatic heterocycles. The van der Waals surface area contributed by atoms with Gasteiger partial charge in [-0.2, -0.15) is 0 Å². The molecule has 1 aliphatic rings. The van der Waals surface area contributed by atoms with Gasteiger partial charge in [0.05, 0.1) is 11.8 Å². The van der Waals surface area contributed by atoms with Gasteiger partial charge in [0.2, 0.25) is 0 Å².